The number of rotatable bonds is 5. The molecule has 0 fully saturated rings. The predicted molar refractivity (Wildman–Crippen MR) is 118 cm³/mol. The fraction of sp³-hybridized carbons (Fsp3) is 0.346. The second-order valence-corrected chi connectivity index (χ2v) is 8.41. The Bertz CT molecular complexity index is 1020. The zero-order chi connectivity index (χ0) is 21.3. The van der Waals surface area contributed by atoms with Crippen LogP contribution in [-0.2, 0) is 0 Å². The summed E-state index contributed by atoms with van der Waals surface area (Å²) in [5.41, 5.74) is 3.17. The van der Waals surface area contributed by atoms with Crippen LogP contribution in [0.25, 0.3) is 6.08 Å². The van der Waals surface area contributed by atoms with Gasteiger partial charge in [0.25, 0.3) is 0 Å². The summed E-state index contributed by atoms with van der Waals surface area (Å²) >= 11 is 0. The van der Waals surface area contributed by atoms with E-state index in [2.05, 4.69) is 32.9 Å². The summed E-state index contributed by atoms with van der Waals surface area (Å²) in [6.07, 6.45) is 8.09. The molecule has 0 amide bonds. The summed E-state index contributed by atoms with van der Waals surface area (Å²) in [4.78, 5) is 13.0. The van der Waals surface area contributed by atoms with Gasteiger partial charge >= 0.3 is 0 Å². The van der Waals surface area contributed by atoms with Gasteiger partial charge in [-0.15, -0.1) is 0 Å². The first-order chi connectivity index (χ1) is 14.4. The van der Waals surface area contributed by atoms with Gasteiger partial charge in [0, 0.05) is 6.07 Å². The number of ether oxygens (including phenoxy) is 3. The van der Waals surface area contributed by atoms with Gasteiger partial charge in [0.1, 0.15) is 34.5 Å². The van der Waals surface area contributed by atoms with E-state index in [1.54, 1.807) is 7.11 Å². The van der Waals surface area contributed by atoms with Crippen LogP contribution >= 0.6 is 0 Å². The Labute approximate surface area is 178 Å². The molecule has 4 heteroatoms. The van der Waals surface area contributed by atoms with Crippen molar-refractivity contribution in [2.75, 3.05) is 7.11 Å². The fourth-order valence-corrected chi connectivity index (χ4v) is 4.05. The Morgan fingerprint density at radius 2 is 2.03 bits per heavy atom. The molecule has 0 saturated heterocycles. The van der Waals surface area contributed by atoms with Crippen LogP contribution in [0, 0.1) is 0 Å². The Kier molecular flexibility index (Phi) is 5.42. The highest BCUT2D eigenvalue weighted by molar-refractivity contribution is 6.04. The van der Waals surface area contributed by atoms with Gasteiger partial charge in [-0.05, 0) is 51.3 Å². The first-order valence-electron chi connectivity index (χ1n) is 10.4. The van der Waals surface area contributed by atoms with Crippen LogP contribution in [0.5, 0.6) is 17.2 Å². The lowest BCUT2D eigenvalue weighted by Gasteiger charge is -2.35. The van der Waals surface area contributed by atoms with Crippen molar-refractivity contribution in [1.82, 2.24) is 0 Å². The normalized spacial score (nSPS) is 21.7. The molecular weight excluding hydrogens is 376 g/mol. The van der Waals surface area contributed by atoms with Crippen molar-refractivity contribution in [1.29, 1.82) is 0 Å². The molecule has 2 aliphatic rings. The third-order valence-corrected chi connectivity index (χ3v) is 5.69. The molecule has 4 rings (SSSR count). The van der Waals surface area contributed by atoms with Crippen molar-refractivity contribution in [3.8, 4) is 17.2 Å². The number of fused-ring (bicyclic) bond motifs is 3. The van der Waals surface area contributed by atoms with Gasteiger partial charge in [-0.25, -0.2) is 0 Å². The highest BCUT2D eigenvalue weighted by Gasteiger charge is 2.36. The molecule has 1 unspecified atom stereocenters. The van der Waals surface area contributed by atoms with Crippen molar-refractivity contribution >= 4 is 11.9 Å². The maximum absolute atomic E-state index is 13.0. The molecule has 2 atom stereocenters. The topological polar surface area (TPSA) is 44.8 Å². The van der Waals surface area contributed by atoms with Crippen LogP contribution in [0.2, 0.25) is 0 Å². The molecule has 0 spiro atoms. The molecule has 30 heavy (non-hydrogen) atoms. The van der Waals surface area contributed by atoms with Gasteiger partial charge in [-0.2, -0.15) is 0 Å². The van der Waals surface area contributed by atoms with E-state index < -0.39 is 5.60 Å². The van der Waals surface area contributed by atoms with Crippen LogP contribution in [-0.4, -0.2) is 18.5 Å². The SMILES string of the molecule is COc1cc2c(c3c1C(=O)C[C@@H](c1ccccc1)O3)C=CC(C)(CCC=C(C)C)O2. The average Bonchev–Trinajstić information content (AvgIpc) is 2.72. The second-order valence-electron chi connectivity index (χ2n) is 8.41. The summed E-state index contributed by atoms with van der Waals surface area (Å²) in [5.74, 6) is 1.77. The van der Waals surface area contributed by atoms with Crippen molar-refractivity contribution in [2.24, 2.45) is 0 Å². The van der Waals surface area contributed by atoms with Crippen molar-refractivity contribution in [3.05, 3.63) is 70.8 Å². The Morgan fingerprint density at radius 1 is 1.27 bits per heavy atom. The number of hydrogen-bond donors (Lipinski definition) is 0. The van der Waals surface area contributed by atoms with E-state index >= 15 is 0 Å². The monoisotopic (exact) mass is 404 g/mol. The highest BCUT2D eigenvalue weighted by Crippen LogP contribution is 2.49. The number of benzene rings is 2. The number of ketones is 1. The number of hydrogen-bond acceptors (Lipinski definition) is 4. The lowest BCUT2D eigenvalue weighted by Crippen LogP contribution is -2.32. The highest BCUT2D eigenvalue weighted by atomic mass is 16.5. The summed E-state index contributed by atoms with van der Waals surface area (Å²) in [6.45, 7) is 6.28. The quantitative estimate of drug-likeness (QED) is 0.548. The third kappa shape index (κ3) is 3.87. The molecule has 2 aliphatic heterocycles. The van der Waals surface area contributed by atoms with Gasteiger partial charge in [-0.3, -0.25) is 4.79 Å². The van der Waals surface area contributed by atoms with Crippen LogP contribution in [0.3, 0.4) is 0 Å². The fourth-order valence-electron chi connectivity index (χ4n) is 4.05. The smallest absolute Gasteiger partial charge is 0.174 e. The summed E-state index contributed by atoms with van der Waals surface area (Å²) in [6, 6.07) is 11.7. The van der Waals surface area contributed by atoms with E-state index in [-0.39, 0.29) is 18.3 Å². The van der Waals surface area contributed by atoms with Gasteiger partial charge < -0.3 is 14.2 Å². The second kappa shape index (κ2) is 8.02. The lowest BCUT2D eigenvalue weighted by molar-refractivity contribution is 0.0838. The van der Waals surface area contributed by atoms with Gasteiger partial charge in [0.05, 0.1) is 19.1 Å². The summed E-state index contributed by atoms with van der Waals surface area (Å²) in [5, 5.41) is 0. The Morgan fingerprint density at radius 3 is 2.73 bits per heavy atom. The molecule has 0 aromatic heterocycles. The van der Waals surface area contributed by atoms with E-state index in [9.17, 15) is 4.79 Å². The largest absolute Gasteiger partial charge is 0.496 e. The first-order valence-corrected chi connectivity index (χ1v) is 10.4. The number of carbonyl (C=O) groups excluding carboxylic acids is 1. The Balaban J connectivity index is 1.71. The maximum atomic E-state index is 13.0. The van der Waals surface area contributed by atoms with E-state index in [1.807, 2.05) is 42.5 Å². The number of carbonyl (C=O) groups is 1. The third-order valence-electron chi connectivity index (χ3n) is 5.69. The van der Waals surface area contributed by atoms with Crippen LogP contribution in [0.4, 0.5) is 0 Å². The molecule has 0 bridgehead atoms. The zero-order valence-corrected chi connectivity index (χ0v) is 18.0. The molecule has 0 aliphatic carbocycles. The summed E-state index contributed by atoms with van der Waals surface area (Å²) in [7, 11) is 1.57. The standard InChI is InChI=1S/C26H28O4/c1-17(2)9-8-13-26(3)14-12-19-22(30-26)16-23(28-4)24-20(27)15-21(29-25(19)24)18-10-6-5-7-11-18/h5-7,9-12,14,16,21H,8,13,15H2,1-4H3/t21-,26?/m0/s1. The lowest BCUT2D eigenvalue weighted by atomic mass is 9.90. The predicted octanol–water partition coefficient (Wildman–Crippen LogP) is 6.31. The molecule has 0 N–H and O–H groups in total. The van der Waals surface area contributed by atoms with Gasteiger partial charge in [0.15, 0.2) is 5.78 Å². The van der Waals surface area contributed by atoms with Crippen molar-refractivity contribution in [2.45, 2.75) is 51.7 Å². The maximum Gasteiger partial charge on any atom is 0.174 e. The molecule has 2 aromatic carbocycles. The minimum Gasteiger partial charge on any atom is -0.496 e. The van der Waals surface area contributed by atoms with Crippen LogP contribution in [0.1, 0.15) is 67.6 Å². The van der Waals surface area contributed by atoms with E-state index in [0.29, 0.717) is 22.8 Å². The molecule has 0 saturated carbocycles. The molecule has 2 heterocycles. The molecule has 4 nitrogen and oxygen atoms in total. The van der Waals surface area contributed by atoms with Gasteiger partial charge in [0.2, 0.25) is 0 Å². The zero-order valence-electron chi connectivity index (χ0n) is 18.0. The Hall–Kier alpha value is -3.01. The molecular formula is C26H28O4. The first kappa shape index (κ1) is 20.3. The average molecular weight is 405 g/mol. The minimum atomic E-state index is -0.421. The molecule has 2 aromatic rings. The van der Waals surface area contributed by atoms with Crippen molar-refractivity contribution in [3.63, 3.8) is 0 Å². The minimum absolute atomic E-state index is 0.0232. The number of Topliss-reactive ketones (excluding diaryl/α,β-unsaturated/α-hetero) is 1. The number of methoxy groups -OCH3 is 1. The number of allylic oxidation sites excluding steroid dienone is 2. The van der Waals surface area contributed by atoms with Gasteiger partial charge in [-0.1, -0.05) is 42.0 Å². The van der Waals surface area contributed by atoms with Crippen LogP contribution in [0.15, 0.2) is 54.1 Å². The van der Waals surface area contributed by atoms with E-state index in [4.69, 9.17) is 14.2 Å². The van der Waals surface area contributed by atoms with E-state index in [1.165, 1.54) is 5.57 Å². The van der Waals surface area contributed by atoms with Crippen molar-refractivity contribution < 1.29 is 19.0 Å². The van der Waals surface area contributed by atoms with Crippen LogP contribution < -0.4 is 14.2 Å². The summed E-state index contributed by atoms with van der Waals surface area (Å²) < 4.78 is 18.3. The molecule has 156 valence electrons. The van der Waals surface area contributed by atoms with E-state index in [0.717, 1.165) is 24.0 Å². The molecule has 0 radical (unpaired) electrons.